The van der Waals surface area contributed by atoms with E-state index in [0.29, 0.717) is 17.8 Å². The molecular formula is C16H26ClN3O3S. The lowest BCUT2D eigenvalue weighted by Gasteiger charge is -2.26. The molecule has 0 spiro atoms. The summed E-state index contributed by atoms with van der Waals surface area (Å²) in [6, 6.07) is 4.94. The van der Waals surface area contributed by atoms with E-state index in [2.05, 4.69) is 5.32 Å². The zero-order valence-corrected chi connectivity index (χ0v) is 16.0. The highest BCUT2D eigenvalue weighted by Gasteiger charge is 2.39. The standard InChI is InChI=1S/C16H25N3O3S.ClH/c1-12-6-7-13(10-14(12)23(21,22)19(2)3)18-15(20)16(11-17)8-4-5-9-16;/h6-7,10H,4-5,8-9,11,17H2,1-3H3,(H,18,20);1H. The van der Waals surface area contributed by atoms with Crippen molar-refractivity contribution in [1.29, 1.82) is 0 Å². The van der Waals surface area contributed by atoms with Gasteiger partial charge in [0.2, 0.25) is 15.9 Å². The highest BCUT2D eigenvalue weighted by molar-refractivity contribution is 7.89. The molecule has 6 nitrogen and oxygen atoms in total. The quantitative estimate of drug-likeness (QED) is 0.824. The molecule has 0 heterocycles. The van der Waals surface area contributed by atoms with Crippen LogP contribution < -0.4 is 11.1 Å². The molecular weight excluding hydrogens is 350 g/mol. The van der Waals surface area contributed by atoms with Crippen LogP contribution in [0.4, 0.5) is 5.69 Å². The van der Waals surface area contributed by atoms with Gasteiger partial charge in [-0.2, -0.15) is 0 Å². The smallest absolute Gasteiger partial charge is 0.242 e. The van der Waals surface area contributed by atoms with Gasteiger partial charge in [-0.3, -0.25) is 4.79 Å². The summed E-state index contributed by atoms with van der Waals surface area (Å²) in [6.45, 7) is 2.05. The maximum atomic E-state index is 12.6. The number of anilines is 1. The van der Waals surface area contributed by atoms with Crippen LogP contribution in [0, 0.1) is 12.3 Å². The van der Waals surface area contributed by atoms with Gasteiger partial charge in [-0.1, -0.05) is 18.9 Å². The van der Waals surface area contributed by atoms with E-state index >= 15 is 0 Å². The molecule has 1 aromatic carbocycles. The predicted octanol–water partition coefficient (Wildman–Crippen LogP) is 2.12. The van der Waals surface area contributed by atoms with Gasteiger partial charge in [-0.25, -0.2) is 12.7 Å². The van der Waals surface area contributed by atoms with Gasteiger partial charge in [0.1, 0.15) is 0 Å². The number of nitrogens with zero attached hydrogens (tertiary/aromatic N) is 1. The molecule has 1 aromatic rings. The van der Waals surface area contributed by atoms with Crippen molar-refractivity contribution < 1.29 is 13.2 Å². The second kappa shape index (κ2) is 7.82. The number of carbonyl (C=O) groups excluding carboxylic acids is 1. The van der Waals surface area contributed by atoms with Crippen molar-refractivity contribution in [3.8, 4) is 0 Å². The van der Waals surface area contributed by atoms with Crippen LogP contribution >= 0.6 is 12.4 Å². The molecule has 1 aliphatic carbocycles. The minimum atomic E-state index is -3.55. The third-order valence-corrected chi connectivity index (χ3v) is 6.59. The van der Waals surface area contributed by atoms with Gasteiger partial charge in [0.05, 0.1) is 10.3 Å². The predicted molar refractivity (Wildman–Crippen MR) is 97.9 cm³/mol. The van der Waals surface area contributed by atoms with Crippen LogP contribution in [0.25, 0.3) is 0 Å². The monoisotopic (exact) mass is 375 g/mol. The first kappa shape index (κ1) is 20.9. The molecule has 3 N–H and O–H groups in total. The van der Waals surface area contributed by atoms with E-state index in [1.165, 1.54) is 24.5 Å². The molecule has 0 aromatic heterocycles. The molecule has 1 fully saturated rings. The van der Waals surface area contributed by atoms with E-state index < -0.39 is 15.4 Å². The lowest BCUT2D eigenvalue weighted by molar-refractivity contribution is -0.124. The number of nitrogens with one attached hydrogen (secondary N) is 1. The Bertz CT molecular complexity index is 699. The number of aryl methyl sites for hydroxylation is 1. The Labute approximate surface area is 150 Å². The Balaban J connectivity index is 0.00000288. The van der Waals surface area contributed by atoms with Crippen molar-refractivity contribution in [2.45, 2.75) is 37.5 Å². The molecule has 1 amide bonds. The van der Waals surface area contributed by atoms with Gasteiger partial charge >= 0.3 is 0 Å². The molecule has 24 heavy (non-hydrogen) atoms. The number of sulfonamides is 1. The molecule has 0 unspecified atom stereocenters. The summed E-state index contributed by atoms with van der Waals surface area (Å²) in [5.41, 5.74) is 6.43. The van der Waals surface area contributed by atoms with Crippen molar-refractivity contribution in [1.82, 2.24) is 4.31 Å². The number of rotatable bonds is 5. The summed E-state index contributed by atoms with van der Waals surface area (Å²) in [5, 5.41) is 2.85. The maximum absolute atomic E-state index is 12.6. The Morgan fingerprint density at radius 3 is 2.38 bits per heavy atom. The van der Waals surface area contributed by atoms with Gasteiger partial charge in [0, 0.05) is 26.3 Å². The molecule has 0 saturated heterocycles. The zero-order chi connectivity index (χ0) is 17.3. The minimum absolute atomic E-state index is 0. The van der Waals surface area contributed by atoms with Crippen molar-refractivity contribution in [3.63, 3.8) is 0 Å². The molecule has 0 radical (unpaired) electrons. The van der Waals surface area contributed by atoms with E-state index in [1.54, 1.807) is 19.1 Å². The van der Waals surface area contributed by atoms with Crippen LogP contribution in [-0.4, -0.2) is 39.3 Å². The second-order valence-corrected chi connectivity index (χ2v) is 8.53. The number of halogens is 1. The van der Waals surface area contributed by atoms with Crippen LogP contribution in [0.2, 0.25) is 0 Å². The van der Waals surface area contributed by atoms with Crippen molar-refractivity contribution in [3.05, 3.63) is 23.8 Å². The number of benzene rings is 1. The summed E-state index contributed by atoms with van der Waals surface area (Å²) in [4.78, 5) is 12.8. The van der Waals surface area contributed by atoms with Crippen molar-refractivity contribution in [2.24, 2.45) is 11.1 Å². The van der Waals surface area contributed by atoms with Gasteiger partial charge < -0.3 is 11.1 Å². The number of nitrogens with two attached hydrogens (primary N) is 1. The first-order chi connectivity index (χ1) is 10.7. The molecule has 1 saturated carbocycles. The van der Waals surface area contributed by atoms with Crippen LogP contribution in [0.3, 0.4) is 0 Å². The van der Waals surface area contributed by atoms with E-state index in [-0.39, 0.29) is 23.2 Å². The second-order valence-electron chi connectivity index (χ2n) is 6.41. The van der Waals surface area contributed by atoms with E-state index in [1.807, 2.05) is 0 Å². The Kier molecular flexibility index (Phi) is 6.81. The fourth-order valence-corrected chi connectivity index (χ4v) is 4.14. The Hall–Kier alpha value is -1.15. The molecule has 1 aliphatic rings. The Morgan fingerprint density at radius 1 is 1.29 bits per heavy atom. The fraction of sp³-hybridized carbons (Fsp3) is 0.562. The van der Waals surface area contributed by atoms with Gasteiger partial charge in [-0.15, -0.1) is 12.4 Å². The van der Waals surface area contributed by atoms with E-state index in [0.717, 1.165) is 25.7 Å². The SMILES string of the molecule is Cc1ccc(NC(=O)C2(CN)CCCC2)cc1S(=O)(=O)N(C)C.Cl. The first-order valence-electron chi connectivity index (χ1n) is 7.78. The van der Waals surface area contributed by atoms with Gasteiger partial charge in [0.25, 0.3) is 0 Å². The summed E-state index contributed by atoms with van der Waals surface area (Å²) in [7, 11) is -0.572. The van der Waals surface area contributed by atoms with Crippen LogP contribution in [-0.2, 0) is 14.8 Å². The van der Waals surface area contributed by atoms with Crippen LogP contribution in [0.15, 0.2) is 23.1 Å². The number of hydrogen-bond donors (Lipinski definition) is 2. The number of carbonyl (C=O) groups is 1. The van der Waals surface area contributed by atoms with Crippen molar-refractivity contribution in [2.75, 3.05) is 26.0 Å². The molecule has 0 aliphatic heterocycles. The normalized spacial score (nSPS) is 16.7. The summed E-state index contributed by atoms with van der Waals surface area (Å²) >= 11 is 0. The van der Waals surface area contributed by atoms with E-state index in [9.17, 15) is 13.2 Å². The third-order valence-electron chi connectivity index (χ3n) is 4.64. The van der Waals surface area contributed by atoms with E-state index in [4.69, 9.17) is 5.73 Å². The number of amides is 1. The van der Waals surface area contributed by atoms with Crippen LogP contribution in [0.5, 0.6) is 0 Å². The summed E-state index contributed by atoms with van der Waals surface area (Å²) in [5.74, 6) is -0.116. The lowest BCUT2D eigenvalue weighted by atomic mass is 9.85. The summed E-state index contributed by atoms with van der Waals surface area (Å²) < 4.78 is 25.9. The largest absolute Gasteiger partial charge is 0.329 e. The Morgan fingerprint density at radius 2 is 1.88 bits per heavy atom. The number of hydrogen-bond acceptors (Lipinski definition) is 4. The topological polar surface area (TPSA) is 92.5 Å². The highest BCUT2D eigenvalue weighted by atomic mass is 35.5. The first-order valence-corrected chi connectivity index (χ1v) is 9.22. The molecule has 0 atom stereocenters. The minimum Gasteiger partial charge on any atom is -0.329 e. The average Bonchev–Trinajstić information content (AvgIpc) is 2.99. The van der Waals surface area contributed by atoms with Gasteiger partial charge in [0.15, 0.2) is 0 Å². The van der Waals surface area contributed by atoms with Crippen molar-refractivity contribution >= 4 is 34.0 Å². The fourth-order valence-electron chi connectivity index (χ4n) is 2.99. The third kappa shape index (κ3) is 3.91. The molecule has 0 bridgehead atoms. The lowest BCUT2D eigenvalue weighted by Crippen LogP contribution is -2.40. The molecule has 136 valence electrons. The highest BCUT2D eigenvalue weighted by Crippen LogP contribution is 2.38. The van der Waals surface area contributed by atoms with Gasteiger partial charge in [-0.05, 0) is 37.5 Å². The molecule has 8 heteroatoms. The zero-order valence-electron chi connectivity index (χ0n) is 14.3. The molecule has 2 rings (SSSR count). The van der Waals surface area contributed by atoms with Crippen LogP contribution in [0.1, 0.15) is 31.2 Å². The maximum Gasteiger partial charge on any atom is 0.242 e. The average molecular weight is 376 g/mol. The summed E-state index contributed by atoms with van der Waals surface area (Å²) in [6.07, 6.45) is 3.56.